The first kappa shape index (κ1) is 10.5. The van der Waals surface area contributed by atoms with Crippen molar-refractivity contribution in [1.82, 2.24) is 4.90 Å². The first-order valence-corrected chi connectivity index (χ1v) is 5.61. The maximum absolute atomic E-state index is 11.4. The fraction of sp³-hybridized carbons (Fsp3) is 0.818. The molecule has 0 aromatic heterocycles. The number of carboxylic acids is 1. The molecule has 2 rings (SSSR count). The van der Waals surface area contributed by atoms with Crippen molar-refractivity contribution in [2.75, 3.05) is 6.54 Å². The number of aliphatic carboxylic acids is 1. The Balaban J connectivity index is 2.16. The van der Waals surface area contributed by atoms with Crippen molar-refractivity contribution < 1.29 is 14.7 Å². The van der Waals surface area contributed by atoms with Gasteiger partial charge in [-0.05, 0) is 25.2 Å². The number of piperidine rings is 1. The van der Waals surface area contributed by atoms with E-state index in [1.54, 1.807) is 6.92 Å². The molecule has 4 heteroatoms. The number of carboxylic acid groups (broad SMARTS) is 1. The molecule has 84 valence electrons. The van der Waals surface area contributed by atoms with Gasteiger partial charge in [-0.3, -0.25) is 9.59 Å². The number of nitrogens with zero attached hydrogens (tertiary/aromatic N) is 1. The minimum atomic E-state index is -0.685. The summed E-state index contributed by atoms with van der Waals surface area (Å²) in [6.45, 7) is 2.20. The Labute approximate surface area is 89.3 Å². The Morgan fingerprint density at radius 1 is 1.27 bits per heavy atom. The van der Waals surface area contributed by atoms with Crippen LogP contribution < -0.4 is 0 Å². The van der Waals surface area contributed by atoms with E-state index in [9.17, 15) is 9.59 Å². The summed E-state index contributed by atoms with van der Waals surface area (Å²) in [6, 6.07) is 0.192. The average molecular weight is 211 g/mol. The maximum atomic E-state index is 11.4. The van der Waals surface area contributed by atoms with Crippen LogP contribution in [0.25, 0.3) is 0 Å². The molecule has 1 saturated heterocycles. The molecule has 1 N–H and O–H groups in total. The van der Waals surface area contributed by atoms with Gasteiger partial charge >= 0.3 is 5.97 Å². The molecule has 0 bridgehead atoms. The SMILES string of the molecule is CC(=O)N1CCC(C(=O)O)[C@@H]2CCC[C@@H]21. The third kappa shape index (κ3) is 1.73. The van der Waals surface area contributed by atoms with Gasteiger partial charge in [0.2, 0.25) is 5.91 Å². The molecule has 1 amide bonds. The highest BCUT2D eigenvalue weighted by Gasteiger charge is 2.44. The van der Waals surface area contributed by atoms with E-state index in [0.717, 1.165) is 19.3 Å². The number of fused-ring (bicyclic) bond motifs is 1. The zero-order chi connectivity index (χ0) is 11.0. The summed E-state index contributed by atoms with van der Waals surface area (Å²) >= 11 is 0. The quantitative estimate of drug-likeness (QED) is 0.706. The molecule has 15 heavy (non-hydrogen) atoms. The van der Waals surface area contributed by atoms with Gasteiger partial charge < -0.3 is 10.0 Å². The van der Waals surface area contributed by atoms with E-state index in [2.05, 4.69) is 0 Å². The molecule has 2 aliphatic rings. The summed E-state index contributed by atoms with van der Waals surface area (Å²) in [7, 11) is 0. The maximum Gasteiger partial charge on any atom is 0.306 e. The van der Waals surface area contributed by atoms with Crippen molar-refractivity contribution in [2.24, 2.45) is 11.8 Å². The minimum absolute atomic E-state index is 0.0933. The molecule has 1 aliphatic carbocycles. The van der Waals surface area contributed by atoms with Crippen LogP contribution >= 0.6 is 0 Å². The summed E-state index contributed by atoms with van der Waals surface area (Å²) < 4.78 is 0. The van der Waals surface area contributed by atoms with Crippen molar-refractivity contribution >= 4 is 11.9 Å². The normalized spacial score (nSPS) is 35.0. The number of carbonyl (C=O) groups excluding carboxylic acids is 1. The van der Waals surface area contributed by atoms with E-state index in [1.165, 1.54) is 0 Å². The molecule has 0 aromatic rings. The third-order valence-electron chi connectivity index (χ3n) is 3.85. The predicted octanol–water partition coefficient (Wildman–Crippen LogP) is 1.11. The van der Waals surface area contributed by atoms with Crippen LogP contribution in [0.4, 0.5) is 0 Å². The first-order chi connectivity index (χ1) is 7.11. The van der Waals surface area contributed by atoms with Crippen LogP contribution in [0.5, 0.6) is 0 Å². The van der Waals surface area contributed by atoms with Crippen molar-refractivity contribution in [2.45, 2.75) is 38.6 Å². The number of likely N-dealkylation sites (tertiary alicyclic amines) is 1. The standard InChI is InChI=1S/C11H17NO3/c1-7(13)12-6-5-9(11(14)15)8-3-2-4-10(8)12/h8-10H,2-6H2,1H3,(H,14,15)/t8-,9?,10-/m0/s1. The van der Waals surface area contributed by atoms with Gasteiger partial charge in [0.1, 0.15) is 0 Å². The summed E-state index contributed by atoms with van der Waals surface area (Å²) in [6.07, 6.45) is 3.62. The average Bonchev–Trinajstić information content (AvgIpc) is 2.63. The number of hydrogen-bond donors (Lipinski definition) is 1. The molecule has 1 saturated carbocycles. The van der Waals surface area contributed by atoms with Crippen molar-refractivity contribution in [3.63, 3.8) is 0 Å². The Morgan fingerprint density at radius 2 is 2.00 bits per heavy atom. The van der Waals surface area contributed by atoms with E-state index in [-0.39, 0.29) is 23.8 Å². The second-order valence-corrected chi connectivity index (χ2v) is 4.61. The van der Waals surface area contributed by atoms with Gasteiger partial charge in [0.25, 0.3) is 0 Å². The second-order valence-electron chi connectivity index (χ2n) is 4.61. The number of rotatable bonds is 1. The van der Waals surface area contributed by atoms with E-state index >= 15 is 0 Å². The third-order valence-corrected chi connectivity index (χ3v) is 3.85. The van der Waals surface area contributed by atoms with Gasteiger partial charge in [-0.15, -0.1) is 0 Å². The van der Waals surface area contributed by atoms with Crippen LogP contribution in [0, 0.1) is 11.8 Å². The molecule has 0 radical (unpaired) electrons. The van der Waals surface area contributed by atoms with Gasteiger partial charge in [-0.25, -0.2) is 0 Å². The molecular weight excluding hydrogens is 194 g/mol. The van der Waals surface area contributed by atoms with Crippen molar-refractivity contribution in [3.8, 4) is 0 Å². The lowest BCUT2D eigenvalue weighted by Gasteiger charge is -2.40. The highest BCUT2D eigenvalue weighted by atomic mass is 16.4. The van der Waals surface area contributed by atoms with Gasteiger partial charge in [0.15, 0.2) is 0 Å². The monoisotopic (exact) mass is 211 g/mol. The van der Waals surface area contributed by atoms with Gasteiger partial charge in [0, 0.05) is 19.5 Å². The number of carbonyl (C=O) groups is 2. The molecule has 1 aliphatic heterocycles. The predicted molar refractivity (Wildman–Crippen MR) is 54.3 cm³/mol. The van der Waals surface area contributed by atoms with E-state index in [1.807, 2.05) is 4.90 Å². The highest BCUT2D eigenvalue weighted by molar-refractivity contribution is 5.75. The molecule has 2 fully saturated rings. The second kappa shape index (κ2) is 3.83. The lowest BCUT2D eigenvalue weighted by Crippen LogP contribution is -2.50. The topological polar surface area (TPSA) is 57.6 Å². The van der Waals surface area contributed by atoms with Gasteiger partial charge in [-0.1, -0.05) is 6.42 Å². The number of hydrogen-bond acceptors (Lipinski definition) is 2. The van der Waals surface area contributed by atoms with Crippen molar-refractivity contribution in [3.05, 3.63) is 0 Å². The van der Waals surface area contributed by atoms with Gasteiger partial charge in [-0.2, -0.15) is 0 Å². The Kier molecular flexibility index (Phi) is 2.67. The molecule has 4 nitrogen and oxygen atoms in total. The minimum Gasteiger partial charge on any atom is -0.481 e. The summed E-state index contributed by atoms with van der Waals surface area (Å²) in [5.41, 5.74) is 0. The van der Waals surface area contributed by atoms with E-state index in [0.29, 0.717) is 13.0 Å². The van der Waals surface area contributed by atoms with E-state index < -0.39 is 5.97 Å². The van der Waals surface area contributed by atoms with Crippen LogP contribution in [0.15, 0.2) is 0 Å². The van der Waals surface area contributed by atoms with Gasteiger partial charge in [0.05, 0.1) is 5.92 Å². The summed E-state index contributed by atoms with van der Waals surface area (Å²) in [4.78, 5) is 24.3. The number of amides is 1. The van der Waals surface area contributed by atoms with Crippen LogP contribution in [0.3, 0.4) is 0 Å². The molecule has 0 aromatic carbocycles. The van der Waals surface area contributed by atoms with Crippen LogP contribution in [-0.4, -0.2) is 34.5 Å². The van der Waals surface area contributed by atoms with Crippen LogP contribution in [-0.2, 0) is 9.59 Å². The molecule has 1 unspecified atom stereocenters. The molecule has 0 spiro atoms. The molecular formula is C11H17NO3. The van der Waals surface area contributed by atoms with Crippen molar-refractivity contribution in [1.29, 1.82) is 0 Å². The Hall–Kier alpha value is -1.06. The molecule has 1 heterocycles. The lowest BCUT2D eigenvalue weighted by atomic mass is 9.81. The summed E-state index contributed by atoms with van der Waals surface area (Å²) in [5.74, 6) is -0.626. The fourth-order valence-corrected chi connectivity index (χ4v) is 3.18. The first-order valence-electron chi connectivity index (χ1n) is 5.61. The fourth-order valence-electron chi connectivity index (χ4n) is 3.18. The molecule has 3 atom stereocenters. The van der Waals surface area contributed by atoms with Crippen LogP contribution in [0.2, 0.25) is 0 Å². The smallest absolute Gasteiger partial charge is 0.306 e. The Morgan fingerprint density at radius 3 is 2.60 bits per heavy atom. The highest BCUT2D eigenvalue weighted by Crippen LogP contribution is 2.40. The van der Waals surface area contributed by atoms with Crippen LogP contribution in [0.1, 0.15) is 32.6 Å². The van der Waals surface area contributed by atoms with E-state index in [4.69, 9.17) is 5.11 Å². The zero-order valence-electron chi connectivity index (χ0n) is 8.98. The lowest BCUT2D eigenvalue weighted by molar-refractivity contribution is -0.150. The Bertz CT molecular complexity index is 262. The summed E-state index contributed by atoms with van der Waals surface area (Å²) in [5, 5.41) is 9.11. The largest absolute Gasteiger partial charge is 0.481 e. The zero-order valence-corrected chi connectivity index (χ0v) is 8.98.